The third-order valence-electron chi connectivity index (χ3n) is 2.78. The number of benzene rings is 1. The minimum absolute atomic E-state index is 0.0160. The van der Waals surface area contributed by atoms with Gasteiger partial charge in [-0.25, -0.2) is 18.7 Å². The summed E-state index contributed by atoms with van der Waals surface area (Å²) in [5.41, 5.74) is 1.18. The molecule has 0 fully saturated rings. The van der Waals surface area contributed by atoms with E-state index in [4.69, 9.17) is 27.9 Å². The summed E-state index contributed by atoms with van der Waals surface area (Å²) in [6, 6.07) is 1.83. The molecule has 0 amide bonds. The molecule has 19 heavy (non-hydrogen) atoms. The van der Waals surface area contributed by atoms with Gasteiger partial charge in [0, 0.05) is 5.56 Å². The first kappa shape index (κ1) is 12.7. The fourth-order valence-corrected chi connectivity index (χ4v) is 2.22. The zero-order chi connectivity index (χ0) is 13.6. The Morgan fingerprint density at radius 1 is 1.05 bits per heavy atom. The van der Waals surface area contributed by atoms with Crippen LogP contribution in [0.25, 0.3) is 11.4 Å². The highest BCUT2D eigenvalue weighted by Crippen LogP contribution is 2.30. The van der Waals surface area contributed by atoms with Crippen molar-refractivity contribution in [2.24, 2.45) is 0 Å². The summed E-state index contributed by atoms with van der Waals surface area (Å²) in [6.45, 7) is 0.605. The molecule has 0 saturated carbocycles. The van der Waals surface area contributed by atoms with Gasteiger partial charge in [0.1, 0.15) is 16.8 Å². The van der Waals surface area contributed by atoms with Crippen LogP contribution in [0.5, 0.6) is 0 Å². The average molecular weight is 303 g/mol. The Morgan fingerprint density at radius 2 is 1.84 bits per heavy atom. The van der Waals surface area contributed by atoms with Gasteiger partial charge in [-0.15, -0.1) is 0 Å². The van der Waals surface area contributed by atoms with Crippen molar-refractivity contribution in [3.8, 4) is 11.4 Å². The lowest BCUT2D eigenvalue weighted by Crippen LogP contribution is -1.99. The molecule has 0 aliphatic carbocycles. The summed E-state index contributed by atoms with van der Waals surface area (Å²) in [5, 5.41) is -0.107. The second-order valence-corrected chi connectivity index (χ2v) is 4.77. The van der Waals surface area contributed by atoms with Crippen molar-refractivity contribution in [1.29, 1.82) is 0 Å². The standard InChI is InChI=1S/C12H6Cl2F2N2O/c13-7-2-8(15)5(1-9(7)16)12-17-10-4-19-3-6(10)11(14)18-12/h1-2H,3-4H2. The number of hydrogen-bond acceptors (Lipinski definition) is 3. The number of rotatable bonds is 1. The van der Waals surface area contributed by atoms with Gasteiger partial charge in [0.2, 0.25) is 0 Å². The molecule has 0 saturated heterocycles. The summed E-state index contributed by atoms with van der Waals surface area (Å²) >= 11 is 11.5. The Bertz CT molecular complexity index is 679. The van der Waals surface area contributed by atoms with Crippen LogP contribution in [0.15, 0.2) is 12.1 Å². The molecule has 2 heterocycles. The van der Waals surface area contributed by atoms with Gasteiger partial charge in [-0.2, -0.15) is 0 Å². The smallest absolute Gasteiger partial charge is 0.164 e. The highest BCUT2D eigenvalue weighted by molar-refractivity contribution is 6.31. The second kappa shape index (κ2) is 4.67. The Morgan fingerprint density at radius 3 is 2.63 bits per heavy atom. The van der Waals surface area contributed by atoms with Crippen molar-refractivity contribution in [2.45, 2.75) is 13.2 Å². The van der Waals surface area contributed by atoms with E-state index in [1.165, 1.54) is 0 Å². The normalized spacial score (nSPS) is 13.7. The van der Waals surface area contributed by atoms with E-state index >= 15 is 0 Å². The van der Waals surface area contributed by atoms with Crippen LogP contribution < -0.4 is 0 Å². The SMILES string of the molecule is Fc1cc(-c2nc(Cl)c3c(n2)COC3)c(F)cc1Cl. The van der Waals surface area contributed by atoms with Crippen LogP contribution in [0.4, 0.5) is 8.78 Å². The molecule has 0 N–H and O–H groups in total. The lowest BCUT2D eigenvalue weighted by Gasteiger charge is -2.06. The van der Waals surface area contributed by atoms with E-state index in [0.717, 1.165) is 12.1 Å². The molecule has 3 nitrogen and oxygen atoms in total. The van der Waals surface area contributed by atoms with E-state index in [9.17, 15) is 8.78 Å². The molecule has 1 aromatic heterocycles. The van der Waals surface area contributed by atoms with Gasteiger partial charge in [-0.1, -0.05) is 23.2 Å². The zero-order valence-corrected chi connectivity index (χ0v) is 10.9. The van der Waals surface area contributed by atoms with Crippen LogP contribution in [-0.4, -0.2) is 9.97 Å². The monoisotopic (exact) mass is 302 g/mol. The maximum Gasteiger partial charge on any atom is 0.164 e. The van der Waals surface area contributed by atoms with Crippen LogP contribution in [0.2, 0.25) is 10.2 Å². The number of ether oxygens (including phenoxy) is 1. The number of nitrogens with zero attached hydrogens (tertiary/aromatic N) is 2. The first-order chi connectivity index (χ1) is 9.06. The van der Waals surface area contributed by atoms with Crippen molar-refractivity contribution in [3.05, 3.63) is 45.2 Å². The Labute approximate surface area is 117 Å². The van der Waals surface area contributed by atoms with Crippen molar-refractivity contribution in [3.63, 3.8) is 0 Å². The molecular weight excluding hydrogens is 297 g/mol. The lowest BCUT2D eigenvalue weighted by molar-refractivity contribution is 0.133. The molecular formula is C12H6Cl2F2N2O. The fourth-order valence-electron chi connectivity index (χ4n) is 1.83. The Kier molecular flexibility index (Phi) is 3.12. The van der Waals surface area contributed by atoms with Gasteiger partial charge in [0.15, 0.2) is 5.82 Å². The van der Waals surface area contributed by atoms with Crippen molar-refractivity contribution < 1.29 is 13.5 Å². The molecule has 1 aliphatic heterocycles. The van der Waals surface area contributed by atoms with E-state index < -0.39 is 11.6 Å². The van der Waals surface area contributed by atoms with Gasteiger partial charge in [0.05, 0.1) is 29.5 Å². The minimum atomic E-state index is -0.741. The summed E-state index contributed by atoms with van der Waals surface area (Å²) in [5.74, 6) is -1.43. The quantitative estimate of drug-likeness (QED) is 0.594. The predicted octanol–water partition coefficient (Wildman–Crippen LogP) is 3.76. The Hall–Kier alpha value is -1.30. The van der Waals surface area contributed by atoms with Gasteiger partial charge in [-0.05, 0) is 12.1 Å². The molecule has 7 heteroatoms. The van der Waals surface area contributed by atoms with Crippen LogP contribution in [0, 0.1) is 11.6 Å². The lowest BCUT2D eigenvalue weighted by atomic mass is 10.1. The molecule has 0 atom stereocenters. The fraction of sp³-hybridized carbons (Fsp3) is 0.167. The molecule has 1 aliphatic rings. The summed E-state index contributed by atoms with van der Waals surface area (Å²) < 4.78 is 32.4. The third-order valence-corrected chi connectivity index (χ3v) is 3.38. The van der Waals surface area contributed by atoms with Gasteiger partial charge < -0.3 is 4.74 Å². The van der Waals surface area contributed by atoms with Gasteiger partial charge in [0.25, 0.3) is 0 Å². The van der Waals surface area contributed by atoms with Crippen molar-refractivity contribution >= 4 is 23.2 Å². The highest BCUT2D eigenvalue weighted by atomic mass is 35.5. The van der Waals surface area contributed by atoms with E-state index in [0.29, 0.717) is 17.9 Å². The molecule has 0 unspecified atom stereocenters. The molecule has 1 aromatic carbocycles. The second-order valence-electron chi connectivity index (χ2n) is 4.00. The summed E-state index contributed by atoms with van der Waals surface area (Å²) in [6.07, 6.45) is 0. The maximum atomic E-state index is 13.8. The van der Waals surface area contributed by atoms with Crippen molar-refractivity contribution in [2.75, 3.05) is 0 Å². The molecule has 3 rings (SSSR count). The van der Waals surface area contributed by atoms with E-state index in [-0.39, 0.29) is 28.2 Å². The largest absolute Gasteiger partial charge is 0.370 e. The Balaban J connectivity index is 2.18. The number of halogens is 4. The topological polar surface area (TPSA) is 35.0 Å². The van der Waals surface area contributed by atoms with Gasteiger partial charge in [-0.3, -0.25) is 0 Å². The van der Waals surface area contributed by atoms with E-state index in [1.807, 2.05) is 0 Å². The first-order valence-corrected chi connectivity index (χ1v) is 6.10. The summed E-state index contributed by atoms with van der Waals surface area (Å²) in [4.78, 5) is 8.12. The first-order valence-electron chi connectivity index (χ1n) is 5.34. The molecule has 0 radical (unpaired) electrons. The molecule has 0 spiro atoms. The number of hydrogen-bond donors (Lipinski definition) is 0. The minimum Gasteiger partial charge on any atom is -0.370 e. The van der Waals surface area contributed by atoms with Gasteiger partial charge >= 0.3 is 0 Å². The molecule has 98 valence electrons. The van der Waals surface area contributed by atoms with Crippen molar-refractivity contribution in [1.82, 2.24) is 9.97 Å². The zero-order valence-electron chi connectivity index (χ0n) is 9.38. The number of fused-ring (bicyclic) bond motifs is 1. The summed E-state index contributed by atoms with van der Waals surface area (Å²) in [7, 11) is 0. The average Bonchev–Trinajstić information content (AvgIpc) is 2.82. The van der Waals surface area contributed by atoms with Crippen LogP contribution in [0.1, 0.15) is 11.3 Å². The van der Waals surface area contributed by atoms with Crippen LogP contribution in [0.3, 0.4) is 0 Å². The maximum absolute atomic E-state index is 13.8. The highest BCUT2D eigenvalue weighted by Gasteiger charge is 2.21. The van der Waals surface area contributed by atoms with Crippen LogP contribution in [-0.2, 0) is 18.0 Å². The van der Waals surface area contributed by atoms with E-state index in [1.54, 1.807) is 0 Å². The number of aromatic nitrogens is 2. The third kappa shape index (κ3) is 2.18. The molecule has 2 aromatic rings. The van der Waals surface area contributed by atoms with E-state index in [2.05, 4.69) is 9.97 Å². The van der Waals surface area contributed by atoms with Crippen LogP contribution >= 0.6 is 23.2 Å². The predicted molar refractivity (Wildman–Crippen MR) is 65.9 cm³/mol. The molecule has 0 bridgehead atoms.